The lowest BCUT2D eigenvalue weighted by Gasteiger charge is -2.09. The van der Waals surface area contributed by atoms with Crippen LogP contribution in [0.15, 0.2) is 36.4 Å². The summed E-state index contributed by atoms with van der Waals surface area (Å²) in [6.45, 7) is 1.92. The Bertz CT molecular complexity index is 691. The van der Waals surface area contributed by atoms with Crippen LogP contribution in [0.25, 0.3) is 11.1 Å². The van der Waals surface area contributed by atoms with Gasteiger partial charge in [-0.15, -0.1) is 0 Å². The van der Waals surface area contributed by atoms with Crippen LogP contribution < -0.4 is 0 Å². The van der Waals surface area contributed by atoms with Crippen molar-refractivity contribution in [3.05, 3.63) is 56.7 Å². The summed E-state index contributed by atoms with van der Waals surface area (Å²) >= 11 is 2.16. The van der Waals surface area contributed by atoms with E-state index in [-0.39, 0.29) is 0 Å². The molecule has 0 aromatic heterocycles. The van der Waals surface area contributed by atoms with E-state index >= 15 is 0 Å². The number of halogens is 1. The molecule has 2 aromatic carbocycles. The van der Waals surface area contributed by atoms with Gasteiger partial charge in [0.2, 0.25) is 0 Å². The molecule has 86 valence electrons. The van der Waals surface area contributed by atoms with Crippen LogP contribution in [0, 0.1) is 33.2 Å². The van der Waals surface area contributed by atoms with E-state index in [4.69, 9.17) is 5.26 Å². The van der Waals surface area contributed by atoms with Crippen molar-refractivity contribution in [1.82, 2.24) is 0 Å². The Morgan fingerprint density at radius 2 is 1.61 bits per heavy atom. The van der Waals surface area contributed by atoms with Crippen LogP contribution in [-0.4, -0.2) is 0 Å². The number of nitrogens with zero attached hydrogens (tertiary/aromatic N) is 2. The maximum atomic E-state index is 9.26. The van der Waals surface area contributed by atoms with Crippen molar-refractivity contribution >= 4 is 22.6 Å². The predicted octanol–water partition coefficient (Wildman–Crippen LogP) is 4.01. The summed E-state index contributed by atoms with van der Waals surface area (Å²) in [5, 5.41) is 18.3. The van der Waals surface area contributed by atoms with Gasteiger partial charge in [-0.1, -0.05) is 30.3 Å². The van der Waals surface area contributed by atoms with Gasteiger partial charge < -0.3 is 0 Å². The minimum atomic E-state index is 0.637. The van der Waals surface area contributed by atoms with Crippen LogP contribution in [0.2, 0.25) is 0 Å². The summed E-state index contributed by atoms with van der Waals surface area (Å²) < 4.78 is 0.889. The van der Waals surface area contributed by atoms with Crippen molar-refractivity contribution in [3.63, 3.8) is 0 Å². The van der Waals surface area contributed by atoms with Crippen LogP contribution in [0.3, 0.4) is 0 Å². The fourth-order valence-corrected chi connectivity index (χ4v) is 2.64. The Morgan fingerprint density at radius 3 is 2.28 bits per heavy atom. The monoisotopic (exact) mass is 344 g/mol. The van der Waals surface area contributed by atoms with Crippen molar-refractivity contribution in [1.29, 1.82) is 10.5 Å². The van der Waals surface area contributed by atoms with Gasteiger partial charge in [-0.3, -0.25) is 0 Å². The largest absolute Gasteiger partial charge is 0.192 e. The molecule has 0 aliphatic heterocycles. The average molecular weight is 344 g/mol. The molecular weight excluding hydrogens is 335 g/mol. The van der Waals surface area contributed by atoms with E-state index in [0.717, 1.165) is 20.3 Å². The molecule has 2 rings (SSSR count). The molecule has 0 heterocycles. The number of nitriles is 2. The molecule has 2 nitrogen and oxygen atoms in total. The SMILES string of the molecule is Cc1cccc(-c2cccc(C#N)c2I)c1C#N. The van der Waals surface area contributed by atoms with Crippen LogP contribution in [-0.2, 0) is 0 Å². The second kappa shape index (κ2) is 5.20. The summed E-state index contributed by atoms with van der Waals surface area (Å²) in [6.07, 6.45) is 0. The molecule has 2 aromatic rings. The van der Waals surface area contributed by atoms with Crippen molar-refractivity contribution in [2.24, 2.45) is 0 Å². The smallest absolute Gasteiger partial charge is 0.100 e. The maximum absolute atomic E-state index is 9.26. The maximum Gasteiger partial charge on any atom is 0.100 e. The lowest BCUT2D eigenvalue weighted by molar-refractivity contribution is 1.38. The normalized spacial score (nSPS) is 9.56. The van der Waals surface area contributed by atoms with E-state index in [1.54, 1.807) is 6.07 Å². The number of benzene rings is 2. The Hall–Kier alpha value is -1.85. The third-order valence-corrected chi connectivity index (χ3v) is 3.96. The molecule has 0 unspecified atom stereocenters. The van der Waals surface area contributed by atoms with E-state index in [0.29, 0.717) is 11.1 Å². The van der Waals surface area contributed by atoms with Gasteiger partial charge in [-0.05, 0) is 46.7 Å². The Balaban J connectivity index is 2.76. The van der Waals surface area contributed by atoms with Crippen LogP contribution in [0.4, 0.5) is 0 Å². The van der Waals surface area contributed by atoms with Gasteiger partial charge in [0.05, 0.1) is 11.1 Å². The molecule has 18 heavy (non-hydrogen) atoms. The molecule has 0 aliphatic carbocycles. The topological polar surface area (TPSA) is 47.6 Å². The molecule has 0 spiro atoms. The van der Waals surface area contributed by atoms with E-state index in [9.17, 15) is 5.26 Å². The van der Waals surface area contributed by atoms with Gasteiger partial charge in [0.25, 0.3) is 0 Å². The van der Waals surface area contributed by atoms with Gasteiger partial charge in [0, 0.05) is 9.13 Å². The van der Waals surface area contributed by atoms with Crippen LogP contribution in [0.1, 0.15) is 16.7 Å². The number of hydrogen-bond acceptors (Lipinski definition) is 2. The molecule has 0 amide bonds. The number of rotatable bonds is 1. The van der Waals surface area contributed by atoms with E-state index < -0.39 is 0 Å². The number of aryl methyl sites for hydroxylation is 1. The van der Waals surface area contributed by atoms with Crippen molar-refractivity contribution < 1.29 is 0 Å². The molecule has 0 bridgehead atoms. The first-order valence-corrected chi connectivity index (χ1v) is 6.45. The van der Waals surface area contributed by atoms with Crippen molar-refractivity contribution in [2.45, 2.75) is 6.92 Å². The first-order chi connectivity index (χ1) is 8.69. The standard InChI is InChI=1S/C15H9IN2/c1-10-4-2-6-12(14(10)9-18)13-7-3-5-11(8-17)15(13)16/h2-7H,1H3. The zero-order chi connectivity index (χ0) is 13.1. The first-order valence-electron chi connectivity index (χ1n) is 5.37. The third kappa shape index (κ3) is 2.10. The molecule has 3 heteroatoms. The van der Waals surface area contributed by atoms with Gasteiger partial charge in [-0.25, -0.2) is 0 Å². The minimum absolute atomic E-state index is 0.637. The highest BCUT2D eigenvalue weighted by molar-refractivity contribution is 14.1. The summed E-state index contributed by atoms with van der Waals surface area (Å²) in [5.41, 5.74) is 4.09. The quantitative estimate of drug-likeness (QED) is 0.734. The lowest BCUT2D eigenvalue weighted by atomic mass is 9.96. The molecule has 0 saturated carbocycles. The Morgan fingerprint density at radius 1 is 0.944 bits per heavy atom. The fraction of sp³-hybridized carbons (Fsp3) is 0.0667. The van der Waals surface area contributed by atoms with Crippen molar-refractivity contribution in [3.8, 4) is 23.3 Å². The van der Waals surface area contributed by atoms with E-state index in [2.05, 4.69) is 34.7 Å². The van der Waals surface area contributed by atoms with E-state index in [1.807, 2.05) is 37.3 Å². The molecule has 0 aliphatic rings. The van der Waals surface area contributed by atoms with Crippen LogP contribution in [0.5, 0.6) is 0 Å². The second-order valence-corrected chi connectivity index (χ2v) is 4.97. The highest BCUT2D eigenvalue weighted by Gasteiger charge is 2.12. The van der Waals surface area contributed by atoms with Gasteiger partial charge in [-0.2, -0.15) is 10.5 Å². The molecule has 0 radical (unpaired) electrons. The third-order valence-electron chi connectivity index (χ3n) is 2.79. The van der Waals surface area contributed by atoms with Crippen molar-refractivity contribution in [2.75, 3.05) is 0 Å². The average Bonchev–Trinajstić information content (AvgIpc) is 2.39. The Labute approximate surface area is 120 Å². The predicted molar refractivity (Wildman–Crippen MR) is 78.8 cm³/mol. The molecule has 0 fully saturated rings. The highest BCUT2D eigenvalue weighted by Crippen LogP contribution is 2.31. The van der Waals surface area contributed by atoms with Crippen LogP contribution >= 0.6 is 22.6 Å². The first kappa shape index (κ1) is 12.6. The molecule has 0 saturated heterocycles. The molecule has 0 atom stereocenters. The summed E-state index contributed by atoms with van der Waals surface area (Å²) in [4.78, 5) is 0. The van der Waals surface area contributed by atoms with Gasteiger partial charge >= 0.3 is 0 Å². The zero-order valence-electron chi connectivity index (χ0n) is 9.74. The summed E-state index contributed by atoms with van der Waals surface area (Å²) in [7, 11) is 0. The Kier molecular flexibility index (Phi) is 3.64. The highest BCUT2D eigenvalue weighted by atomic mass is 127. The molecule has 0 N–H and O–H groups in total. The summed E-state index contributed by atoms with van der Waals surface area (Å²) in [5.74, 6) is 0. The number of hydrogen-bond donors (Lipinski definition) is 0. The molecular formula is C15H9IN2. The summed E-state index contributed by atoms with van der Waals surface area (Å²) in [6, 6.07) is 15.8. The van der Waals surface area contributed by atoms with Gasteiger partial charge in [0.15, 0.2) is 0 Å². The van der Waals surface area contributed by atoms with E-state index in [1.165, 1.54) is 0 Å². The van der Waals surface area contributed by atoms with Gasteiger partial charge in [0.1, 0.15) is 12.1 Å². The zero-order valence-corrected chi connectivity index (χ0v) is 11.9. The second-order valence-electron chi connectivity index (χ2n) is 3.89. The minimum Gasteiger partial charge on any atom is -0.192 e. The lowest BCUT2D eigenvalue weighted by Crippen LogP contribution is -1.92. The fourth-order valence-electron chi connectivity index (χ4n) is 1.87.